The number of nitrogens with one attached hydrogen (secondary N) is 2. The maximum atomic E-state index is 12.6. The molecule has 2 N–H and O–H groups in total. The Labute approximate surface area is 143 Å². The summed E-state index contributed by atoms with van der Waals surface area (Å²) in [5, 5.41) is 6.67. The second-order valence-corrected chi connectivity index (χ2v) is 8.28. The lowest BCUT2D eigenvalue weighted by molar-refractivity contribution is -0.134. The van der Waals surface area contributed by atoms with Crippen LogP contribution in [-0.2, 0) is 4.79 Å². The van der Waals surface area contributed by atoms with Gasteiger partial charge in [0.25, 0.3) is 5.91 Å². The third-order valence-corrected chi connectivity index (χ3v) is 4.88. The Morgan fingerprint density at radius 3 is 2.50 bits per heavy atom. The fourth-order valence-electron chi connectivity index (χ4n) is 3.60. The Morgan fingerprint density at radius 2 is 1.88 bits per heavy atom. The van der Waals surface area contributed by atoms with E-state index in [1.165, 1.54) is 0 Å². The standard InChI is InChI=1S/C19H27N3O2/c1-13-6-5-7-14-16(13)17(24)21-19(20-14)8-10-22(11-9-19)15(23)12-18(2,3)4/h5-7,20H,8-12H2,1-4H3,(H,21,24). The first-order valence-corrected chi connectivity index (χ1v) is 8.67. The first kappa shape index (κ1) is 16.8. The van der Waals surface area contributed by atoms with Gasteiger partial charge in [0.2, 0.25) is 5.91 Å². The zero-order valence-corrected chi connectivity index (χ0v) is 15.0. The molecule has 0 aliphatic carbocycles. The lowest BCUT2D eigenvalue weighted by Crippen LogP contribution is -2.63. The number of benzene rings is 1. The second-order valence-electron chi connectivity index (χ2n) is 8.28. The van der Waals surface area contributed by atoms with Crippen molar-refractivity contribution in [3.05, 3.63) is 29.3 Å². The van der Waals surface area contributed by atoms with Crippen LogP contribution in [-0.4, -0.2) is 35.5 Å². The van der Waals surface area contributed by atoms with Gasteiger partial charge in [-0.2, -0.15) is 0 Å². The van der Waals surface area contributed by atoms with E-state index in [1.807, 2.05) is 30.0 Å². The van der Waals surface area contributed by atoms with Crippen molar-refractivity contribution >= 4 is 17.5 Å². The van der Waals surface area contributed by atoms with Crippen molar-refractivity contribution in [2.75, 3.05) is 18.4 Å². The van der Waals surface area contributed by atoms with Crippen molar-refractivity contribution in [3.8, 4) is 0 Å². The van der Waals surface area contributed by atoms with Crippen LogP contribution in [0.15, 0.2) is 18.2 Å². The first-order valence-electron chi connectivity index (χ1n) is 8.67. The van der Waals surface area contributed by atoms with E-state index < -0.39 is 5.66 Å². The highest BCUT2D eigenvalue weighted by atomic mass is 16.2. The first-order chi connectivity index (χ1) is 11.2. The topological polar surface area (TPSA) is 61.4 Å². The number of amides is 2. The van der Waals surface area contributed by atoms with Gasteiger partial charge in [-0.3, -0.25) is 9.59 Å². The molecule has 2 aliphatic rings. The largest absolute Gasteiger partial charge is 0.362 e. The molecule has 1 fully saturated rings. The molecule has 0 atom stereocenters. The van der Waals surface area contributed by atoms with E-state index in [0.717, 1.165) is 29.7 Å². The predicted molar refractivity (Wildman–Crippen MR) is 94.9 cm³/mol. The Morgan fingerprint density at radius 1 is 1.21 bits per heavy atom. The fraction of sp³-hybridized carbons (Fsp3) is 0.579. The quantitative estimate of drug-likeness (QED) is 0.833. The number of piperidine rings is 1. The summed E-state index contributed by atoms with van der Waals surface area (Å²) in [4.78, 5) is 26.9. The summed E-state index contributed by atoms with van der Waals surface area (Å²) in [5.41, 5.74) is 2.17. The van der Waals surface area contributed by atoms with Crippen LogP contribution in [0.25, 0.3) is 0 Å². The van der Waals surface area contributed by atoms with E-state index in [1.54, 1.807) is 0 Å². The van der Waals surface area contributed by atoms with E-state index in [9.17, 15) is 9.59 Å². The van der Waals surface area contributed by atoms with Gasteiger partial charge in [-0.15, -0.1) is 0 Å². The number of rotatable bonds is 1. The van der Waals surface area contributed by atoms with Crippen molar-refractivity contribution in [2.24, 2.45) is 5.41 Å². The summed E-state index contributed by atoms with van der Waals surface area (Å²) in [6, 6.07) is 5.88. The molecule has 1 aromatic carbocycles. The fourth-order valence-corrected chi connectivity index (χ4v) is 3.60. The smallest absolute Gasteiger partial charge is 0.255 e. The molecule has 1 saturated heterocycles. The van der Waals surface area contributed by atoms with Crippen LogP contribution >= 0.6 is 0 Å². The van der Waals surface area contributed by atoms with Gasteiger partial charge < -0.3 is 15.5 Å². The highest BCUT2D eigenvalue weighted by molar-refractivity contribution is 6.03. The molecule has 1 aromatic rings. The molecule has 0 saturated carbocycles. The highest BCUT2D eigenvalue weighted by Gasteiger charge is 2.41. The van der Waals surface area contributed by atoms with E-state index in [2.05, 4.69) is 31.4 Å². The van der Waals surface area contributed by atoms with Gasteiger partial charge in [0, 0.05) is 38.0 Å². The third-order valence-electron chi connectivity index (χ3n) is 4.88. The minimum absolute atomic E-state index is 0.0000110. The Bertz CT molecular complexity index is 668. The summed E-state index contributed by atoms with van der Waals surface area (Å²) in [7, 11) is 0. The molecule has 24 heavy (non-hydrogen) atoms. The lowest BCUT2D eigenvalue weighted by Gasteiger charge is -2.46. The number of aryl methyl sites for hydroxylation is 1. The van der Waals surface area contributed by atoms with Crippen LogP contribution in [0.2, 0.25) is 0 Å². The van der Waals surface area contributed by atoms with Crippen molar-refractivity contribution in [2.45, 2.75) is 52.6 Å². The maximum absolute atomic E-state index is 12.6. The van der Waals surface area contributed by atoms with E-state index >= 15 is 0 Å². The average molecular weight is 329 g/mol. The SMILES string of the molecule is Cc1cccc2c1C(=O)NC1(CCN(C(=O)CC(C)(C)C)CC1)N2. The van der Waals surface area contributed by atoms with Crippen molar-refractivity contribution < 1.29 is 9.59 Å². The Hall–Kier alpha value is -2.04. The zero-order valence-electron chi connectivity index (χ0n) is 15.0. The summed E-state index contributed by atoms with van der Waals surface area (Å²) >= 11 is 0. The van der Waals surface area contributed by atoms with E-state index in [0.29, 0.717) is 19.5 Å². The number of fused-ring (bicyclic) bond motifs is 1. The number of likely N-dealkylation sites (tertiary alicyclic amines) is 1. The van der Waals surface area contributed by atoms with Gasteiger partial charge in [0.1, 0.15) is 5.66 Å². The minimum atomic E-state index is -0.434. The molecule has 0 bridgehead atoms. The van der Waals surface area contributed by atoms with Crippen LogP contribution in [0.1, 0.15) is 56.0 Å². The molecule has 2 aliphatic heterocycles. The Kier molecular flexibility index (Phi) is 4.06. The van der Waals surface area contributed by atoms with Crippen LogP contribution in [0, 0.1) is 12.3 Å². The minimum Gasteiger partial charge on any atom is -0.362 e. The van der Waals surface area contributed by atoms with E-state index in [4.69, 9.17) is 0 Å². The van der Waals surface area contributed by atoms with Crippen LogP contribution < -0.4 is 10.6 Å². The summed E-state index contributed by atoms with van der Waals surface area (Å²) in [6.45, 7) is 9.54. The van der Waals surface area contributed by atoms with Gasteiger partial charge in [-0.05, 0) is 24.0 Å². The summed E-state index contributed by atoms with van der Waals surface area (Å²) < 4.78 is 0. The van der Waals surface area contributed by atoms with Crippen molar-refractivity contribution in [1.29, 1.82) is 0 Å². The molecular weight excluding hydrogens is 302 g/mol. The molecule has 0 aromatic heterocycles. The summed E-state index contributed by atoms with van der Waals surface area (Å²) in [5.74, 6) is 0.187. The third kappa shape index (κ3) is 3.25. The summed E-state index contributed by atoms with van der Waals surface area (Å²) in [6.07, 6.45) is 2.01. The van der Waals surface area contributed by atoms with Gasteiger partial charge in [0.05, 0.1) is 5.56 Å². The highest BCUT2D eigenvalue weighted by Crippen LogP contribution is 2.33. The normalized spacial score (nSPS) is 19.5. The lowest BCUT2D eigenvalue weighted by atomic mass is 9.89. The van der Waals surface area contributed by atoms with Crippen LogP contribution in [0.5, 0.6) is 0 Å². The van der Waals surface area contributed by atoms with E-state index in [-0.39, 0.29) is 17.2 Å². The monoisotopic (exact) mass is 329 g/mol. The molecule has 3 rings (SSSR count). The Balaban J connectivity index is 1.71. The van der Waals surface area contributed by atoms with Crippen LogP contribution in [0.4, 0.5) is 5.69 Å². The predicted octanol–water partition coefficient (Wildman–Crippen LogP) is 2.91. The number of anilines is 1. The average Bonchev–Trinajstić information content (AvgIpc) is 2.45. The van der Waals surface area contributed by atoms with Gasteiger partial charge in [0.15, 0.2) is 0 Å². The van der Waals surface area contributed by atoms with Gasteiger partial charge in [-0.1, -0.05) is 32.9 Å². The molecule has 1 spiro atoms. The molecule has 0 radical (unpaired) electrons. The van der Waals surface area contributed by atoms with Gasteiger partial charge in [-0.25, -0.2) is 0 Å². The molecular formula is C19H27N3O2. The number of nitrogens with zero attached hydrogens (tertiary/aromatic N) is 1. The number of hydrogen-bond donors (Lipinski definition) is 2. The molecule has 5 nitrogen and oxygen atoms in total. The van der Waals surface area contributed by atoms with Crippen molar-refractivity contribution in [1.82, 2.24) is 10.2 Å². The maximum Gasteiger partial charge on any atom is 0.255 e. The number of carbonyl (C=O) groups excluding carboxylic acids is 2. The van der Waals surface area contributed by atoms with Crippen LogP contribution in [0.3, 0.4) is 0 Å². The van der Waals surface area contributed by atoms with Gasteiger partial charge >= 0.3 is 0 Å². The molecule has 0 unspecified atom stereocenters. The van der Waals surface area contributed by atoms with Crippen molar-refractivity contribution in [3.63, 3.8) is 0 Å². The number of hydrogen-bond acceptors (Lipinski definition) is 3. The molecule has 2 amide bonds. The molecule has 130 valence electrons. The zero-order chi connectivity index (χ0) is 17.5. The molecule has 2 heterocycles. The number of carbonyl (C=O) groups is 2. The second kappa shape index (κ2) is 5.80. The molecule has 5 heteroatoms.